The van der Waals surface area contributed by atoms with Gasteiger partial charge in [0.25, 0.3) is 5.91 Å². The molecule has 9 nitrogen and oxygen atoms in total. The van der Waals surface area contributed by atoms with Gasteiger partial charge in [-0.2, -0.15) is 0 Å². The summed E-state index contributed by atoms with van der Waals surface area (Å²) in [6.07, 6.45) is 3.23. The van der Waals surface area contributed by atoms with Crippen LogP contribution < -0.4 is 10.6 Å². The largest absolute Gasteiger partial charge is 0.456 e. The van der Waals surface area contributed by atoms with Gasteiger partial charge in [0.05, 0.1) is 13.0 Å². The van der Waals surface area contributed by atoms with E-state index in [0.717, 1.165) is 0 Å². The number of nitrogens with zero attached hydrogens (tertiary/aromatic N) is 3. The number of nitrogens with one attached hydrogen (secondary N) is 2. The third-order valence-corrected chi connectivity index (χ3v) is 2.86. The van der Waals surface area contributed by atoms with E-state index in [1.165, 1.54) is 11.9 Å². The molecule has 0 saturated heterocycles. The third kappa shape index (κ3) is 9.23. The molecule has 0 aliphatic heterocycles. The van der Waals surface area contributed by atoms with Crippen LogP contribution in [-0.2, 0) is 19.1 Å². The monoisotopic (exact) mass is 351 g/mol. The SMILES string of the molecule is CN(CC(=O)NC(C)(C)C)C(=O)COC(=O)CCNc1ncccn1. The van der Waals surface area contributed by atoms with Crippen molar-refractivity contribution in [2.24, 2.45) is 0 Å². The average Bonchev–Trinajstić information content (AvgIpc) is 2.51. The molecule has 25 heavy (non-hydrogen) atoms. The summed E-state index contributed by atoms with van der Waals surface area (Å²) < 4.78 is 4.90. The standard InChI is InChI=1S/C16H25N5O4/c1-16(2,3)20-12(22)10-21(4)13(23)11-25-14(24)6-9-19-15-17-7-5-8-18-15/h5,7-8H,6,9-11H2,1-4H3,(H,20,22)(H,17,18,19). The van der Waals surface area contributed by atoms with Crippen molar-refractivity contribution in [2.45, 2.75) is 32.7 Å². The van der Waals surface area contributed by atoms with Gasteiger partial charge in [0.15, 0.2) is 6.61 Å². The quantitative estimate of drug-likeness (QED) is 0.643. The first-order valence-electron chi connectivity index (χ1n) is 7.89. The molecular formula is C16H25N5O4. The van der Waals surface area contributed by atoms with Gasteiger partial charge in [-0.1, -0.05) is 0 Å². The second-order valence-corrected chi connectivity index (χ2v) is 6.46. The minimum absolute atomic E-state index is 0.0692. The number of rotatable bonds is 8. The van der Waals surface area contributed by atoms with E-state index in [9.17, 15) is 14.4 Å². The first-order chi connectivity index (χ1) is 11.7. The molecule has 0 aromatic carbocycles. The Hall–Kier alpha value is -2.71. The van der Waals surface area contributed by atoms with Crippen molar-refractivity contribution in [2.75, 3.05) is 32.1 Å². The Bertz CT molecular complexity index is 586. The fraction of sp³-hybridized carbons (Fsp3) is 0.562. The van der Waals surface area contributed by atoms with Crippen molar-refractivity contribution < 1.29 is 19.1 Å². The van der Waals surface area contributed by atoms with Gasteiger partial charge in [-0.05, 0) is 26.8 Å². The topological polar surface area (TPSA) is 114 Å². The predicted molar refractivity (Wildman–Crippen MR) is 91.6 cm³/mol. The molecule has 2 N–H and O–H groups in total. The molecule has 9 heteroatoms. The van der Waals surface area contributed by atoms with Gasteiger partial charge in [-0.15, -0.1) is 0 Å². The van der Waals surface area contributed by atoms with E-state index in [0.29, 0.717) is 12.5 Å². The molecule has 0 radical (unpaired) electrons. The first-order valence-corrected chi connectivity index (χ1v) is 7.89. The predicted octanol–water partition coefficient (Wildman–Crippen LogP) is 0.195. The van der Waals surface area contributed by atoms with E-state index in [1.807, 2.05) is 20.8 Å². The summed E-state index contributed by atoms with van der Waals surface area (Å²) in [4.78, 5) is 44.4. The highest BCUT2D eigenvalue weighted by Crippen LogP contribution is 1.99. The number of ether oxygens (including phenoxy) is 1. The normalized spacial score (nSPS) is 10.7. The van der Waals surface area contributed by atoms with Crippen LogP contribution >= 0.6 is 0 Å². The smallest absolute Gasteiger partial charge is 0.308 e. The summed E-state index contributed by atoms with van der Waals surface area (Å²) in [6.45, 7) is 5.34. The lowest BCUT2D eigenvalue weighted by Gasteiger charge is -2.23. The molecule has 0 aliphatic carbocycles. The molecule has 0 atom stereocenters. The maximum absolute atomic E-state index is 11.9. The summed E-state index contributed by atoms with van der Waals surface area (Å²) in [6, 6.07) is 1.68. The zero-order chi connectivity index (χ0) is 18.9. The minimum Gasteiger partial charge on any atom is -0.456 e. The van der Waals surface area contributed by atoms with Crippen molar-refractivity contribution in [3.05, 3.63) is 18.5 Å². The van der Waals surface area contributed by atoms with E-state index in [2.05, 4.69) is 20.6 Å². The molecule has 0 unspecified atom stereocenters. The van der Waals surface area contributed by atoms with E-state index in [4.69, 9.17) is 4.74 Å². The van der Waals surface area contributed by atoms with Crippen LogP contribution in [0.2, 0.25) is 0 Å². The highest BCUT2D eigenvalue weighted by Gasteiger charge is 2.18. The average molecular weight is 351 g/mol. The van der Waals surface area contributed by atoms with Gasteiger partial charge in [-0.25, -0.2) is 9.97 Å². The van der Waals surface area contributed by atoms with E-state index in [1.54, 1.807) is 18.5 Å². The summed E-state index contributed by atoms with van der Waals surface area (Å²) in [7, 11) is 1.48. The molecule has 0 spiro atoms. The highest BCUT2D eigenvalue weighted by atomic mass is 16.5. The van der Waals surface area contributed by atoms with E-state index < -0.39 is 18.5 Å². The molecule has 0 bridgehead atoms. The second kappa shape index (κ2) is 9.55. The molecule has 2 amide bonds. The Labute approximate surface area is 147 Å². The number of carbonyl (C=O) groups excluding carboxylic acids is 3. The molecule has 1 aromatic rings. The highest BCUT2D eigenvalue weighted by molar-refractivity contribution is 5.86. The zero-order valence-corrected chi connectivity index (χ0v) is 15.0. The Morgan fingerprint density at radius 3 is 2.44 bits per heavy atom. The van der Waals surface area contributed by atoms with Gasteiger partial charge in [0, 0.05) is 31.5 Å². The van der Waals surface area contributed by atoms with Gasteiger partial charge in [0.1, 0.15) is 0 Å². The Morgan fingerprint density at radius 1 is 1.20 bits per heavy atom. The zero-order valence-electron chi connectivity index (χ0n) is 15.0. The maximum Gasteiger partial charge on any atom is 0.308 e. The summed E-state index contributed by atoms with van der Waals surface area (Å²) in [5, 5.41) is 5.61. The van der Waals surface area contributed by atoms with Crippen molar-refractivity contribution in [1.82, 2.24) is 20.2 Å². The number of likely N-dealkylation sites (N-methyl/N-ethyl adjacent to an activating group) is 1. The Balaban J connectivity index is 2.23. The summed E-state index contributed by atoms with van der Waals surface area (Å²) >= 11 is 0. The lowest BCUT2D eigenvalue weighted by molar-refractivity contribution is -0.151. The number of hydrogen-bond acceptors (Lipinski definition) is 7. The van der Waals surface area contributed by atoms with Crippen molar-refractivity contribution in [3.63, 3.8) is 0 Å². The van der Waals surface area contributed by atoms with Gasteiger partial charge >= 0.3 is 5.97 Å². The summed E-state index contributed by atoms with van der Waals surface area (Å²) in [5.74, 6) is -0.834. The van der Waals surface area contributed by atoms with Crippen LogP contribution in [-0.4, -0.2) is 64.9 Å². The van der Waals surface area contributed by atoms with Gasteiger partial charge in [-0.3, -0.25) is 14.4 Å². The van der Waals surface area contributed by atoms with E-state index >= 15 is 0 Å². The lowest BCUT2D eigenvalue weighted by Crippen LogP contribution is -2.46. The minimum atomic E-state index is -0.524. The van der Waals surface area contributed by atoms with Crippen LogP contribution in [0.15, 0.2) is 18.5 Å². The molecule has 1 aromatic heterocycles. The maximum atomic E-state index is 11.9. The van der Waals surface area contributed by atoms with Crippen LogP contribution in [0.3, 0.4) is 0 Å². The van der Waals surface area contributed by atoms with Gasteiger partial charge < -0.3 is 20.3 Å². The number of amides is 2. The van der Waals surface area contributed by atoms with Crippen molar-refractivity contribution in [1.29, 1.82) is 0 Å². The lowest BCUT2D eigenvalue weighted by atomic mass is 10.1. The van der Waals surface area contributed by atoms with Crippen LogP contribution in [0.4, 0.5) is 5.95 Å². The van der Waals surface area contributed by atoms with Crippen molar-refractivity contribution >= 4 is 23.7 Å². The Morgan fingerprint density at radius 2 is 1.84 bits per heavy atom. The molecule has 0 aliphatic rings. The molecule has 0 fully saturated rings. The second-order valence-electron chi connectivity index (χ2n) is 6.46. The van der Waals surface area contributed by atoms with Gasteiger partial charge in [0.2, 0.25) is 11.9 Å². The third-order valence-electron chi connectivity index (χ3n) is 2.86. The number of aromatic nitrogens is 2. The number of carbonyl (C=O) groups is 3. The molecule has 1 rings (SSSR count). The van der Waals surface area contributed by atoms with E-state index in [-0.39, 0.29) is 24.4 Å². The van der Waals surface area contributed by atoms with Crippen molar-refractivity contribution in [3.8, 4) is 0 Å². The number of anilines is 1. The molecule has 1 heterocycles. The molecule has 138 valence electrons. The number of hydrogen-bond donors (Lipinski definition) is 2. The fourth-order valence-electron chi connectivity index (χ4n) is 1.75. The van der Waals surface area contributed by atoms with Crippen LogP contribution in [0, 0.1) is 0 Å². The van der Waals surface area contributed by atoms with Crippen LogP contribution in [0.25, 0.3) is 0 Å². The molecule has 0 saturated carbocycles. The number of esters is 1. The van der Waals surface area contributed by atoms with Crippen LogP contribution in [0.5, 0.6) is 0 Å². The molecular weight excluding hydrogens is 326 g/mol. The van der Waals surface area contributed by atoms with Crippen LogP contribution in [0.1, 0.15) is 27.2 Å². The fourth-order valence-corrected chi connectivity index (χ4v) is 1.75. The first kappa shape index (κ1) is 20.3. The summed E-state index contributed by atoms with van der Waals surface area (Å²) in [5.41, 5.74) is -0.372. The Kier molecular flexibility index (Phi) is 7.77.